The zero-order valence-corrected chi connectivity index (χ0v) is 9.79. The van der Waals surface area contributed by atoms with Gasteiger partial charge in [-0.05, 0) is 47.9 Å². The number of hydrogen-bond acceptors (Lipinski definition) is 1. The molecule has 2 rings (SSSR count). The highest BCUT2D eigenvalue weighted by atomic mass is 16.1. The van der Waals surface area contributed by atoms with Gasteiger partial charge in [0.05, 0.1) is 0 Å². The fourth-order valence-corrected chi connectivity index (χ4v) is 2.19. The summed E-state index contributed by atoms with van der Waals surface area (Å²) in [6, 6.07) is 9.78. The average molecular weight is 215 g/mol. The summed E-state index contributed by atoms with van der Waals surface area (Å²) in [5.74, 6) is 0.622. The van der Waals surface area contributed by atoms with E-state index < -0.39 is 0 Å². The summed E-state index contributed by atoms with van der Waals surface area (Å²) in [7, 11) is 0. The second-order valence-corrected chi connectivity index (χ2v) is 4.18. The molecule has 2 nitrogen and oxygen atoms in total. The minimum absolute atomic E-state index is 0.0391. The van der Waals surface area contributed by atoms with Crippen molar-refractivity contribution in [1.82, 2.24) is 4.98 Å². The largest absolute Gasteiger partial charge is 0.322 e. The van der Waals surface area contributed by atoms with Crippen LogP contribution in [0.3, 0.4) is 0 Å². The Balaban J connectivity index is 2.51. The minimum Gasteiger partial charge on any atom is -0.322 e. The maximum absolute atomic E-state index is 11.2. The molecule has 0 aliphatic heterocycles. The van der Waals surface area contributed by atoms with Crippen molar-refractivity contribution in [2.45, 2.75) is 32.6 Å². The van der Waals surface area contributed by atoms with Gasteiger partial charge in [-0.1, -0.05) is 19.9 Å². The summed E-state index contributed by atoms with van der Waals surface area (Å²) in [4.78, 5) is 14.0. The van der Waals surface area contributed by atoms with Crippen molar-refractivity contribution in [2.75, 3.05) is 0 Å². The number of fused-ring (bicyclic) bond motifs is 1. The van der Waals surface area contributed by atoms with Crippen LogP contribution >= 0.6 is 0 Å². The zero-order valence-electron chi connectivity index (χ0n) is 9.79. The van der Waals surface area contributed by atoms with Gasteiger partial charge in [0.2, 0.25) is 5.56 Å². The molecule has 0 saturated heterocycles. The maximum Gasteiger partial charge on any atom is 0.248 e. The standard InChI is InChI=1S/C14H17NO/c1-3-10(4-2)11-5-7-13-12(9-11)6-8-14(16)15-13/h5-10H,3-4H2,1-2H3,(H,15,16). The van der Waals surface area contributed by atoms with Gasteiger partial charge < -0.3 is 4.98 Å². The van der Waals surface area contributed by atoms with Crippen molar-refractivity contribution >= 4 is 10.9 Å². The van der Waals surface area contributed by atoms with E-state index in [1.54, 1.807) is 6.07 Å². The van der Waals surface area contributed by atoms with Crippen LogP contribution in [0.2, 0.25) is 0 Å². The molecule has 0 amide bonds. The molecular formula is C14H17NO. The number of nitrogens with one attached hydrogen (secondary N) is 1. The van der Waals surface area contributed by atoms with Crippen LogP contribution in [-0.4, -0.2) is 4.98 Å². The second-order valence-electron chi connectivity index (χ2n) is 4.18. The van der Waals surface area contributed by atoms with Crippen molar-refractivity contribution in [3.8, 4) is 0 Å². The van der Waals surface area contributed by atoms with E-state index in [4.69, 9.17) is 0 Å². The molecule has 0 radical (unpaired) electrons. The molecule has 0 atom stereocenters. The Hall–Kier alpha value is -1.57. The predicted octanol–water partition coefficient (Wildman–Crippen LogP) is 3.43. The van der Waals surface area contributed by atoms with Crippen molar-refractivity contribution in [3.63, 3.8) is 0 Å². The Labute approximate surface area is 95.3 Å². The first-order valence-corrected chi connectivity index (χ1v) is 5.87. The number of H-pyrrole nitrogens is 1. The molecule has 1 aromatic carbocycles. The van der Waals surface area contributed by atoms with E-state index in [2.05, 4.69) is 31.0 Å². The van der Waals surface area contributed by atoms with Crippen LogP contribution in [0.5, 0.6) is 0 Å². The highest BCUT2D eigenvalue weighted by Crippen LogP contribution is 2.25. The van der Waals surface area contributed by atoms with Gasteiger partial charge in [0.15, 0.2) is 0 Å². The molecule has 84 valence electrons. The Bertz CT molecular complexity index is 538. The number of hydrogen-bond donors (Lipinski definition) is 1. The Kier molecular flexibility index (Phi) is 3.09. The zero-order chi connectivity index (χ0) is 11.5. The van der Waals surface area contributed by atoms with E-state index in [0.29, 0.717) is 5.92 Å². The van der Waals surface area contributed by atoms with Gasteiger partial charge in [-0.25, -0.2) is 0 Å². The highest BCUT2D eigenvalue weighted by molar-refractivity contribution is 5.79. The fraction of sp³-hybridized carbons (Fsp3) is 0.357. The molecule has 16 heavy (non-hydrogen) atoms. The SMILES string of the molecule is CCC(CC)c1ccc2[nH]c(=O)ccc2c1. The normalized spacial score (nSPS) is 11.2. The Morgan fingerprint density at radius 3 is 2.56 bits per heavy atom. The van der Waals surface area contributed by atoms with Crippen LogP contribution in [0.15, 0.2) is 35.1 Å². The van der Waals surface area contributed by atoms with Crippen LogP contribution in [0, 0.1) is 0 Å². The summed E-state index contributed by atoms with van der Waals surface area (Å²) in [6.45, 7) is 4.43. The van der Waals surface area contributed by atoms with Crippen molar-refractivity contribution in [2.24, 2.45) is 0 Å². The third kappa shape index (κ3) is 2.01. The first-order chi connectivity index (χ1) is 7.74. The van der Waals surface area contributed by atoms with E-state index in [0.717, 1.165) is 23.7 Å². The second kappa shape index (κ2) is 4.52. The monoisotopic (exact) mass is 215 g/mol. The van der Waals surface area contributed by atoms with E-state index >= 15 is 0 Å². The van der Waals surface area contributed by atoms with Gasteiger partial charge in [0.25, 0.3) is 0 Å². The van der Waals surface area contributed by atoms with E-state index in [-0.39, 0.29) is 5.56 Å². The molecule has 0 saturated carbocycles. The first kappa shape index (κ1) is 10.9. The lowest BCUT2D eigenvalue weighted by Crippen LogP contribution is -2.03. The topological polar surface area (TPSA) is 32.9 Å². The summed E-state index contributed by atoms with van der Waals surface area (Å²) in [5, 5.41) is 1.11. The smallest absolute Gasteiger partial charge is 0.248 e. The Morgan fingerprint density at radius 2 is 1.88 bits per heavy atom. The van der Waals surface area contributed by atoms with E-state index in [9.17, 15) is 4.79 Å². The van der Waals surface area contributed by atoms with E-state index in [1.807, 2.05) is 12.1 Å². The lowest BCUT2D eigenvalue weighted by atomic mass is 9.93. The molecule has 1 heterocycles. The van der Waals surface area contributed by atoms with Crippen molar-refractivity contribution < 1.29 is 0 Å². The molecular weight excluding hydrogens is 198 g/mol. The van der Waals surface area contributed by atoms with Crippen LogP contribution < -0.4 is 5.56 Å². The van der Waals surface area contributed by atoms with Crippen LogP contribution in [0.25, 0.3) is 10.9 Å². The van der Waals surface area contributed by atoms with Gasteiger partial charge in [-0.15, -0.1) is 0 Å². The lowest BCUT2D eigenvalue weighted by Gasteiger charge is -2.13. The molecule has 0 bridgehead atoms. The third-order valence-corrected chi connectivity index (χ3v) is 3.20. The summed E-state index contributed by atoms with van der Waals surface area (Å²) >= 11 is 0. The molecule has 2 aromatic rings. The van der Waals surface area contributed by atoms with Crippen molar-refractivity contribution in [1.29, 1.82) is 0 Å². The van der Waals surface area contributed by atoms with Gasteiger partial charge >= 0.3 is 0 Å². The summed E-state index contributed by atoms with van der Waals surface area (Å²) < 4.78 is 0. The van der Waals surface area contributed by atoms with Crippen LogP contribution in [-0.2, 0) is 0 Å². The number of aromatic nitrogens is 1. The third-order valence-electron chi connectivity index (χ3n) is 3.20. The minimum atomic E-state index is -0.0391. The average Bonchev–Trinajstić information content (AvgIpc) is 2.31. The number of benzene rings is 1. The molecule has 1 aromatic heterocycles. The number of pyridine rings is 1. The van der Waals surface area contributed by atoms with E-state index in [1.165, 1.54) is 5.56 Å². The van der Waals surface area contributed by atoms with Crippen LogP contribution in [0.1, 0.15) is 38.2 Å². The fourth-order valence-electron chi connectivity index (χ4n) is 2.19. The predicted molar refractivity (Wildman–Crippen MR) is 67.9 cm³/mol. The Morgan fingerprint density at radius 1 is 1.12 bits per heavy atom. The maximum atomic E-state index is 11.2. The van der Waals surface area contributed by atoms with Crippen molar-refractivity contribution in [3.05, 3.63) is 46.2 Å². The lowest BCUT2D eigenvalue weighted by molar-refractivity contribution is 0.642. The van der Waals surface area contributed by atoms with Gasteiger partial charge in [0.1, 0.15) is 0 Å². The number of aromatic amines is 1. The quantitative estimate of drug-likeness (QED) is 0.836. The molecule has 0 fully saturated rings. The summed E-state index contributed by atoms with van der Waals surface area (Å²) in [5.41, 5.74) is 2.24. The highest BCUT2D eigenvalue weighted by Gasteiger charge is 2.07. The molecule has 0 spiro atoms. The molecule has 1 N–H and O–H groups in total. The summed E-state index contributed by atoms with van der Waals surface area (Å²) in [6.07, 6.45) is 2.32. The molecule has 0 aliphatic carbocycles. The van der Waals surface area contributed by atoms with Gasteiger partial charge in [-0.2, -0.15) is 0 Å². The molecule has 0 unspecified atom stereocenters. The first-order valence-electron chi connectivity index (χ1n) is 5.87. The molecule has 0 aliphatic rings. The van der Waals surface area contributed by atoms with Gasteiger partial charge in [-0.3, -0.25) is 4.79 Å². The van der Waals surface area contributed by atoms with Gasteiger partial charge in [0, 0.05) is 11.6 Å². The van der Waals surface area contributed by atoms with Crippen LogP contribution in [0.4, 0.5) is 0 Å². The molecule has 2 heteroatoms. The number of rotatable bonds is 3.